The number of ether oxygens (including phenoxy) is 1. The van der Waals surface area contributed by atoms with Crippen molar-refractivity contribution >= 4 is 0 Å². The first-order valence-electron chi connectivity index (χ1n) is 6.82. The molecule has 0 aliphatic heterocycles. The Labute approximate surface area is 113 Å². The summed E-state index contributed by atoms with van der Waals surface area (Å²) in [6.45, 7) is 1.66. The number of halogens is 1. The molecule has 1 atom stereocenters. The maximum Gasteiger partial charge on any atom is 0.133 e. The van der Waals surface area contributed by atoms with Gasteiger partial charge in [0.15, 0.2) is 0 Å². The van der Waals surface area contributed by atoms with E-state index in [1.807, 2.05) is 0 Å². The molecule has 0 saturated heterocycles. The molecular formula is C16H21FO2. The maximum absolute atomic E-state index is 14.1. The van der Waals surface area contributed by atoms with E-state index < -0.39 is 11.4 Å². The van der Waals surface area contributed by atoms with Crippen molar-refractivity contribution in [3.05, 3.63) is 41.2 Å². The lowest BCUT2D eigenvalue weighted by atomic mass is 9.84. The summed E-state index contributed by atoms with van der Waals surface area (Å²) < 4.78 is 19.3. The molecule has 0 spiro atoms. The van der Waals surface area contributed by atoms with Crippen LogP contribution in [0.1, 0.15) is 44.6 Å². The van der Waals surface area contributed by atoms with Crippen LogP contribution in [0.2, 0.25) is 0 Å². The van der Waals surface area contributed by atoms with Gasteiger partial charge in [-0.15, -0.1) is 0 Å². The van der Waals surface area contributed by atoms with E-state index in [1.54, 1.807) is 19.1 Å². The summed E-state index contributed by atoms with van der Waals surface area (Å²) >= 11 is 0. The van der Waals surface area contributed by atoms with Crippen molar-refractivity contribution < 1.29 is 14.2 Å². The molecule has 1 aromatic carbocycles. The summed E-state index contributed by atoms with van der Waals surface area (Å²) in [5.41, 5.74) is -0.167. The molecule has 104 valence electrons. The lowest BCUT2D eigenvalue weighted by Crippen LogP contribution is -2.26. The molecule has 2 rings (SSSR count). The van der Waals surface area contributed by atoms with Crippen LogP contribution in [0, 0.1) is 5.82 Å². The Morgan fingerprint density at radius 3 is 2.79 bits per heavy atom. The first-order chi connectivity index (χ1) is 9.07. The number of hydrogen-bond donors (Lipinski definition) is 1. The molecular weight excluding hydrogens is 243 g/mol. The molecule has 1 aliphatic rings. The number of methoxy groups -OCH3 is 1. The van der Waals surface area contributed by atoms with Crippen LogP contribution in [-0.4, -0.2) is 12.2 Å². The van der Waals surface area contributed by atoms with Gasteiger partial charge in [-0.05, 0) is 50.3 Å². The van der Waals surface area contributed by atoms with Crippen molar-refractivity contribution in [2.75, 3.05) is 7.11 Å². The molecule has 2 nitrogen and oxygen atoms in total. The molecule has 0 amide bonds. The van der Waals surface area contributed by atoms with Crippen LogP contribution < -0.4 is 4.74 Å². The van der Waals surface area contributed by atoms with Gasteiger partial charge in [-0.3, -0.25) is 0 Å². The van der Waals surface area contributed by atoms with Crippen LogP contribution in [0.25, 0.3) is 0 Å². The third-order valence-corrected chi connectivity index (χ3v) is 3.85. The average Bonchev–Trinajstić information content (AvgIpc) is 2.67. The second kappa shape index (κ2) is 5.74. The molecule has 0 fully saturated rings. The highest BCUT2D eigenvalue weighted by Gasteiger charge is 2.34. The van der Waals surface area contributed by atoms with Crippen LogP contribution in [-0.2, 0) is 5.60 Å². The third kappa shape index (κ3) is 2.81. The van der Waals surface area contributed by atoms with Gasteiger partial charge in [0.05, 0.1) is 12.7 Å². The number of allylic oxidation sites excluding steroid dienone is 1. The van der Waals surface area contributed by atoms with Crippen LogP contribution in [0.15, 0.2) is 29.8 Å². The minimum absolute atomic E-state index is 0.241. The summed E-state index contributed by atoms with van der Waals surface area (Å²) in [7, 11) is 1.50. The largest absolute Gasteiger partial charge is 0.496 e. The predicted molar refractivity (Wildman–Crippen MR) is 73.7 cm³/mol. The van der Waals surface area contributed by atoms with Gasteiger partial charge < -0.3 is 9.84 Å². The van der Waals surface area contributed by atoms with Crippen LogP contribution in [0.4, 0.5) is 4.39 Å². The molecule has 19 heavy (non-hydrogen) atoms. The average molecular weight is 264 g/mol. The minimum atomic E-state index is -1.30. The fraction of sp³-hybridized carbons (Fsp3) is 0.500. The Morgan fingerprint density at radius 2 is 2.05 bits per heavy atom. The molecule has 0 bridgehead atoms. The molecule has 0 heterocycles. The second-order valence-corrected chi connectivity index (χ2v) is 5.22. The SMILES string of the molecule is COc1cccc(F)c1C(C)(O)C1=CCCCCC1. The van der Waals surface area contributed by atoms with Crippen molar-refractivity contribution in [1.29, 1.82) is 0 Å². The van der Waals surface area contributed by atoms with Gasteiger partial charge in [0, 0.05) is 0 Å². The topological polar surface area (TPSA) is 29.5 Å². The predicted octanol–water partition coefficient (Wildman–Crippen LogP) is 3.93. The number of rotatable bonds is 3. The Bertz CT molecular complexity index is 478. The first kappa shape index (κ1) is 14.1. The summed E-state index contributed by atoms with van der Waals surface area (Å²) in [4.78, 5) is 0. The van der Waals surface area contributed by atoms with Gasteiger partial charge in [-0.25, -0.2) is 4.39 Å². The van der Waals surface area contributed by atoms with Gasteiger partial charge in [-0.2, -0.15) is 0 Å². The molecule has 1 aliphatic carbocycles. The molecule has 3 heteroatoms. The van der Waals surface area contributed by atoms with Crippen molar-refractivity contribution in [3.8, 4) is 5.75 Å². The van der Waals surface area contributed by atoms with Gasteiger partial charge >= 0.3 is 0 Å². The van der Waals surface area contributed by atoms with Crippen molar-refractivity contribution in [3.63, 3.8) is 0 Å². The quantitative estimate of drug-likeness (QED) is 0.838. The lowest BCUT2D eigenvalue weighted by Gasteiger charge is -2.29. The highest BCUT2D eigenvalue weighted by atomic mass is 19.1. The van der Waals surface area contributed by atoms with Crippen molar-refractivity contribution in [2.24, 2.45) is 0 Å². The van der Waals surface area contributed by atoms with E-state index in [1.165, 1.54) is 13.2 Å². The monoisotopic (exact) mass is 264 g/mol. The molecule has 0 saturated carbocycles. The molecule has 1 aromatic rings. The second-order valence-electron chi connectivity index (χ2n) is 5.22. The third-order valence-electron chi connectivity index (χ3n) is 3.85. The summed E-state index contributed by atoms with van der Waals surface area (Å²) in [5.74, 6) is -0.0235. The fourth-order valence-electron chi connectivity index (χ4n) is 2.76. The van der Waals surface area contributed by atoms with E-state index in [0.717, 1.165) is 37.7 Å². The minimum Gasteiger partial charge on any atom is -0.496 e. The van der Waals surface area contributed by atoms with Crippen LogP contribution in [0.5, 0.6) is 5.75 Å². The fourth-order valence-corrected chi connectivity index (χ4v) is 2.76. The number of benzene rings is 1. The Morgan fingerprint density at radius 1 is 1.26 bits per heavy atom. The van der Waals surface area contributed by atoms with Crippen LogP contribution >= 0.6 is 0 Å². The molecule has 1 unspecified atom stereocenters. The first-order valence-corrected chi connectivity index (χ1v) is 6.82. The maximum atomic E-state index is 14.1. The van der Waals surface area contributed by atoms with Gasteiger partial charge in [0.1, 0.15) is 17.2 Å². The molecule has 0 aromatic heterocycles. The zero-order valence-corrected chi connectivity index (χ0v) is 11.6. The van der Waals surface area contributed by atoms with Gasteiger partial charge in [-0.1, -0.05) is 18.6 Å². The van der Waals surface area contributed by atoms with Gasteiger partial charge in [0.25, 0.3) is 0 Å². The Kier molecular flexibility index (Phi) is 4.25. The van der Waals surface area contributed by atoms with E-state index in [9.17, 15) is 9.50 Å². The zero-order valence-electron chi connectivity index (χ0n) is 11.6. The van der Waals surface area contributed by atoms with E-state index >= 15 is 0 Å². The highest BCUT2D eigenvalue weighted by molar-refractivity contribution is 5.44. The summed E-state index contributed by atoms with van der Waals surface area (Å²) in [5, 5.41) is 10.8. The van der Waals surface area contributed by atoms with E-state index in [4.69, 9.17) is 4.74 Å². The smallest absolute Gasteiger partial charge is 0.133 e. The van der Waals surface area contributed by atoms with Crippen molar-refractivity contribution in [1.82, 2.24) is 0 Å². The highest BCUT2D eigenvalue weighted by Crippen LogP contribution is 2.40. The standard InChI is InChI=1S/C16H21FO2/c1-16(18,12-8-5-3-4-6-9-12)15-13(17)10-7-11-14(15)19-2/h7-8,10-11,18H,3-6,9H2,1-2H3. The van der Waals surface area contributed by atoms with Crippen LogP contribution in [0.3, 0.4) is 0 Å². The number of hydrogen-bond acceptors (Lipinski definition) is 2. The van der Waals surface area contributed by atoms with E-state index in [0.29, 0.717) is 5.75 Å². The summed E-state index contributed by atoms with van der Waals surface area (Å²) in [6, 6.07) is 4.64. The molecule has 0 radical (unpaired) electrons. The van der Waals surface area contributed by atoms with Crippen molar-refractivity contribution in [2.45, 2.75) is 44.6 Å². The number of aliphatic hydroxyl groups is 1. The zero-order chi connectivity index (χ0) is 13.9. The Hall–Kier alpha value is -1.35. The normalized spacial score (nSPS) is 19.3. The van der Waals surface area contributed by atoms with E-state index in [2.05, 4.69) is 6.08 Å². The van der Waals surface area contributed by atoms with Gasteiger partial charge in [0.2, 0.25) is 0 Å². The Balaban J connectivity index is 2.46. The van der Waals surface area contributed by atoms with E-state index in [-0.39, 0.29) is 5.56 Å². The summed E-state index contributed by atoms with van der Waals surface area (Å²) in [6.07, 6.45) is 7.14. The lowest BCUT2D eigenvalue weighted by molar-refractivity contribution is 0.0857. The molecule has 1 N–H and O–H groups in total.